The molecule has 0 spiro atoms. The van der Waals surface area contributed by atoms with Gasteiger partial charge in [0.25, 0.3) is 0 Å². The van der Waals surface area contributed by atoms with Crippen molar-refractivity contribution in [2.75, 3.05) is 13.1 Å². The highest BCUT2D eigenvalue weighted by Crippen LogP contribution is 2.34. The SMILES string of the molecule is Cc1nc2cnc3nccc3c2c(C2CCN(C(=O)C(C)C)C2)[nH]1. The van der Waals surface area contributed by atoms with Gasteiger partial charge in [-0.05, 0) is 19.4 Å². The van der Waals surface area contributed by atoms with Crippen molar-refractivity contribution in [3.05, 3.63) is 30.0 Å². The molecule has 1 aliphatic rings. The molecule has 0 aromatic carbocycles. The van der Waals surface area contributed by atoms with Gasteiger partial charge < -0.3 is 9.88 Å². The number of amides is 1. The number of carbonyl (C=O) groups excluding carboxylic acids is 1. The van der Waals surface area contributed by atoms with E-state index in [2.05, 4.69) is 19.9 Å². The first-order valence-electron chi connectivity index (χ1n) is 8.43. The van der Waals surface area contributed by atoms with Crippen molar-refractivity contribution in [2.24, 2.45) is 5.92 Å². The van der Waals surface area contributed by atoms with Gasteiger partial charge >= 0.3 is 0 Å². The van der Waals surface area contributed by atoms with Gasteiger partial charge in [-0.15, -0.1) is 0 Å². The second kappa shape index (κ2) is 5.54. The number of likely N-dealkylation sites (tertiary alicyclic amines) is 1. The topological polar surface area (TPSA) is 74.8 Å². The zero-order chi connectivity index (χ0) is 16.8. The average Bonchev–Trinajstić information content (AvgIpc) is 3.21. The summed E-state index contributed by atoms with van der Waals surface area (Å²) in [5.41, 5.74) is 2.78. The smallest absolute Gasteiger partial charge is 0.225 e. The van der Waals surface area contributed by atoms with Crippen molar-refractivity contribution in [3.8, 4) is 0 Å². The molecule has 1 atom stereocenters. The fraction of sp³-hybridized carbons (Fsp3) is 0.444. The molecule has 0 radical (unpaired) electrons. The van der Waals surface area contributed by atoms with E-state index in [1.54, 1.807) is 12.4 Å². The highest BCUT2D eigenvalue weighted by atomic mass is 16.2. The van der Waals surface area contributed by atoms with E-state index in [-0.39, 0.29) is 17.7 Å². The quantitative estimate of drug-likeness (QED) is 0.787. The Balaban J connectivity index is 1.82. The number of carbonyl (C=O) groups is 1. The Bertz CT molecular complexity index is 930. The third kappa shape index (κ3) is 2.33. The van der Waals surface area contributed by atoms with Gasteiger partial charge in [0.05, 0.1) is 11.7 Å². The van der Waals surface area contributed by atoms with Crippen LogP contribution in [0.2, 0.25) is 0 Å². The number of H-pyrrole nitrogens is 1. The van der Waals surface area contributed by atoms with E-state index in [1.807, 2.05) is 31.7 Å². The van der Waals surface area contributed by atoms with Crippen molar-refractivity contribution >= 4 is 27.8 Å². The summed E-state index contributed by atoms with van der Waals surface area (Å²) in [5.74, 6) is 1.43. The Hall–Kier alpha value is -2.50. The van der Waals surface area contributed by atoms with Gasteiger partial charge in [-0.3, -0.25) is 4.79 Å². The standard InChI is InChI=1S/C18H21N5O/c1-10(2)18(24)23-7-5-12(9-23)16-15-13-4-6-19-17(13)20-8-14(15)21-11(3)22-16/h4,6,8,10,12H,5,7,9H2,1-3H3,(H,21,22). The summed E-state index contributed by atoms with van der Waals surface area (Å²) in [6.07, 6.45) is 4.54. The summed E-state index contributed by atoms with van der Waals surface area (Å²) in [6.45, 7) is 7.44. The van der Waals surface area contributed by atoms with Crippen LogP contribution in [0.3, 0.4) is 0 Å². The maximum absolute atomic E-state index is 12.3. The molecule has 3 aromatic heterocycles. The van der Waals surface area contributed by atoms with Gasteiger partial charge in [-0.25, -0.2) is 15.0 Å². The zero-order valence-electron chi connectivity index (χ0n) is 14.2. The number of hydrogen-bond acceptors (Lipinski definition) is 4. The van der Waals surface area contributed by atoms with Crippen LogP contribution in [0.5, 0.6) is 0 Å². The van der Waals surface area contributed by atoms with Crippen LogP contribution in [0, 0.1) is 12.8 Å². The van der Waals surface area contributed by atoms with Gasteiger partial charge in [0.1, 0.15) is 5.82 Å². The van der Waals surface area contributed by atoms with Crippen LogP contribution in [0.15, 0.2) is 18.5 Å². The van der Waals surface area contributed by atoms with E-state index in [1.165, 1.54) is 0 Å². The van der Waals surface area contributed by atoms with Crippen LogP contribution in [-0.4, -0.2) is 43.8 Å². The van der Waals surface area contributed by atoms with Crippen molar-refractivity contribution in [1.82, 2.24) is 24.8 Å². The molecule has 1 fully saturated rings. The molecule has 6 heteroatoms. The zero-order valence-corrected chi connectivity index (χ0v) is 14.2. The molecular formula is C18H21N5O. The lowest BCUT2D eigenvalue weighted by Gasteiger charge is -2.19. The third-order valence-electron chi connectivity index (χ3n) is 4.79. The maximum Gasteiger partial charge on any atom is 0.225 e. The number of aromatic amines is 1. The molecule has 0 saturated carbocycles. The molecule has 4 rings (SSSR count). The molecule has 0 bridgehead atoms. The van der Waals surface area contributed by atoms with Crippen LogP contribution in [0.4, 0.5) is 0 Å². The maximum atomic E-state index is 12.3. The Morgan fingerprint density at radius 1 is 1.38 bits per heavy atom. The van der Waals surface area contributed by atoms with Gasteiger partial charge in [-0.1, -0.05) is 13.8 Å². The molecule has 1 aliphatic heterocycles. The van der Waals surface area contributed by atoms with E-state index >= 15 is 0 Å². The number of rotatable bonds is 2. The molecule has 1 saturated heterocycles. The summed E-state index contributed by atoms with van der Waals surface area (Å²) >= 11 is 0. The first-order chi connectivity index (χ1) is 11.5. The first-order valence-corrected chi connectivity index (χ1v) is 8.43. The average molecular weight is 323 g/mol. The summed E-state index contributed by atoms with van der Waals surface area (Å²) in [5, 5.41) is 2.12. The lowest BCUT2D eigenvalue weighted by atomic mass is 9.99. The molecular weight excluding hydrogens is 302 g/mol. The minimum atomic E-state index is 0.0406. The van der Waals surface area contributed by atoms with E-state index in [4.69, 9.17) is 0 Å². The molecule has 0 aliphatic carbocycles. The van der Waals surface area contributed by atoms with Crippen molar-refractivity contribution in [3.63, 3.8) is 0 Å². The highest BCUT2D eigenvalue weighted by Gasteiger charge is 2.30. The molecule has 1 N–H and O–H groups in total. The summed E-state index contributed by atoms with van der Waals surface area (Å²) in [6, 6.07) is 1.99. The molecule has 124 valence electrons. The lowest BCUT2D eigenvalue weighted by molar-refractivity contribution is -0.133. The summed E-state index contributed by atoms with van der Waals surface area (Å²) < 4.78 is 0. The normalized spacial score (nSPS) is 18.2. The Kier molecular flexibility index (Phi) is 3.48. The van der Waals surface area contributed by atoms with Gasteiger partial charge in [0.2, 0.25) is 5.91 Å². The van der Waals surface area contributed by atoms with Crippen LogP contribution < -0.4 is 0 Å². The monoisotopic (exact) mass is 323 g/mol. The summed E-state index contributed by atoms with van der Waals surface area (Å²) in [7, 11) is 0. The Labute approximate surface area is 140 Å². The van der Waals surface area contributed by atoms with Crippen LogP contribution in [0.1, 0.15) is 37.7 Å². The van der Waals surface area contributed by atoms with Crippen LogP contribution in [-0.2, 0) is 4.79 Å². The number of pyridine rings is 1. The van der Waals surface area contributed by atoms with E-state index < -0.39 is 0 Å². The Morgan fingerprint density at radius 3 is 3.00 bits per heavy atom. The molecule has 1 amide bonds. The number of aromatic nitrogens is 4. The fourth-order valence-electron chi connectivity index (χ4n) is 3.65. The molecule has 6 nitrogen and oxygen atoms in total. The minimum absolute atomic E-state index is 0.0406. The third-order valence-corrected chi connectivity index (χ3v) is 4.79. The molecule has 3 aromatic rings. The fourth-order valence-corrected chi connectivity index (χ4v) is 3.65. The van der Waals surface area contributed by atoms with E-state index in [0.29, 0.717) is 0 Å². The largest absolute Gasteiger partial charge is 0.346 e. The van der Waals surface area contributed by atoms with Crippen molar-refractivity contribution < 1.29 is 4.79 Å². The van der Waals surface area contributed by atoms with Gasteiger partial charge in [0, 0.05) is 47.6 Å². The molecule has 4 heterocycles. The number of nitrogens with one attached hydrogen (secondary N) is 1. The summed E-state index contributed by atoms with van der Waals surface area (Å²) in [4.78, 5) is 31.0. The lowest BCUT2D eigenvalue weighted by Crippen LogP contribution is -2.32. The van der Waals surface area contributed by atoms with Crippen molar-refractivity contribution in [2.45, 2.75) is 33.1 Å². The molecule has 24 heavy (non-hydrogen) atoms. The van der Waals surface area contributed by atoms with Crippen LogP contribution >= 0.6 is 0 Å². The van der Waals surface area contributed by atoms with Crippen LogP contribution in [0.25, 0.3) is 21.9 Å². The van der Waals surface area contributed by atoms with Gasteiger partial charge in [-0.2, -0.15) is 0 Å². The first kappa shape index (κ1) is 15.1. The minimum Gasteiger partial charge on any atom is -0.346 e. The number of nitrogens with zero attached hydrogens (tertiary/aromatic N) is 4. The van der Waals surface area contributed by atoms with Gasteiger partial charge in [0.15, 0.2) is 5.65 Å². The number of fused-ring (bicyclic) bond motifs is 3. The predicted octanol–water partition coefficient (Wildman–Crippen LogP) is 2.79. The number of hydrogen-bond donors (Lipinski definition) is 1. The second-order valence-electron chi connectivity index (χ2n) is 6.86. The Morgan fingerprint density at radius 2 is 2.21 bits per heavy atom. The van der Waals surface area contributed by atoms with Crippen molar-refractivity contribution in [1.29, 1.82) is 0 Å². The number of aryl methyl sites for hydroxylation is 1. The highest BCUT2D eigenvalue weighted by molar-refractivity contribution is 6.04. The second-order valence-corrected chi connectivity index (χ2v) is 6.86. The van der Waals surface area contributed by atoms with E-state index in [0.717, 1.165) is 53.0 Å². The molecule has 1 unspecified atom stereocenters. The predicted molar refractivity (Wildman–Crippen MR) is 92.7 cm³/mol. The van der Waals surface area contributed by atoms with E-state index in [9.17, 15) is 4.79 Å².